The first-order valence-corrected chi connectivity index (χ1v) is 25.0. The van der Waals surface area contributed by atoms with Crippen molar-refractivity contribution in [3.63, 3.8) is 0 Å². The Morgan fingerprint density at radius 1 is 0.329 bits per heavy atom. The monoisotopic (exact) mass is 936 g/mol. The van der Waals surface area contributed by atoms with Crippen LogP contribution in [0.1, 0.15) is 17.2 Å². The number of rotatable bonds is 8. The highest BCUT2D eigenvalue weighted by atomic mass is 16.3. The number of nitrogens with zero attached hydrogens (tertiary/aromatic N) is 2. The zero-order valence-electron chi connectivity index (χ0n) is 39.6. The van der Waals surface area contributed by atoms with Crippen molar-refractivity contribution in [1.82, 2.24) is 0 Å². The van der Waals surface area contributed by atoms with Gasteiger partial charge >= 0.3 is 0 Å². The Hall–Kier alpha value is -9.58. The quantitative estimate of drug-likeness (QED) is 0.152. The van der Waals surface area contributed by atoms with Crippen molar-refractivity contribution in [2.45, 2.75) is 12.5 Å². The van der Waals surface area contributed by atoms with E-state index in [9.17, 15) is 0 Å². The van der Waals surface area contributed by atoms with Crippen molar-refractivity contribution in [3.05, 3.63) is 260 Å². The van der Waals surface area contributed by atoms with Crippen LogP contribution < -0.4 is 9.80 Å². The van der Waals surface area contributed by atoms with E-state index >= 15 is 0 Å². The second-order valence-electron chi connectivity index (χ2n) is 19.1. The van der Waals surface area contributed by atoms with Gasteiger partial charge in [-0.05, 0) is 82.4 Å². The molecule has 1 aliphatic carbocycles. The summed E-state index contributed by atoms with van der Waals surface area (Å²) in [4.78, 5) is 4.89. The summed E-state index contributed by atoms with van der Waals surface area (Å²) in [6, 6.07) is 88.5. The molecule has 1 aliphatic rings. The third-order valence-corrected chi connectivity index (χ3v) is 15.0. The van der Waals surface area contributed by atoms with E-state index in [2.05, 4.69) is 246 Å². The molecule has 1 unspecified atom stereocenters. The fraction of sp³-hybridized carbons (Fsp3) is 0.0294. The molecule has 0 amide bonds. The molecule has 0 aliphatic heterocycles. The number of hydrogen-bond donors (Lipinski definition) is 0. The van der Waals surface area contributed by atoms with Crippen LogP contribution in [0.5, 0.6) is 0 Å². The van der Waals surface area contributed by atoms with E-state index in [1.54, 1.807) is 0 Å². The number of furan rings is 3. The first-order chi connectivity index (χ1) is 36.2. The molecule has 0 radical (unpaired) electrons. The summed E-state index contributed by atoms with van der Waals surface area (Å²) in [5, 5.41) is 7.54. The van der Waals surface area contributed by atoms with Gasteiger partial charge in [-0.15, -0.1) is 0 Å². The Bertz CT molecular complexity index is 4410. The minimum Gasteiger partial charge on any atom is -0.455 e. The van der Waals surface area contributed by atoms with E-state index in [0.717, 1.165) is 122 Å². The Balaban J connectivity index is 0.964. The molecule has 0 bridgehead atoms. The summed E-state index contributed by atoms with van der Waals surface area (Å²) in [5.74, 6) is 0.906. The van der Waals surface area contributed by atoms with E-state index in [0.29, 0.717) is 6.42 Å². The second-order valence-corrected chi connectivity index (χ2v) is 19.1. The van der Waals surface area contributed by atoms with Gasteiger partial charge in [0.1, 0.15) is 22.5 Å². The van der Waals surface area contributed by atoms with E-state index in [1.807, 2.05) is 12.1 Å². The second kappa shape index (κ2) is 16.5. The van der Waals surface area contributed by atoms with Crippen LogP contribution in [0.4, 0.5) is 28.4 Å². The lowest BCUT2D eigenvalue weighted by Gasteiger charge is -2.37. The van der Waals surface area contributed by atoms with Gasteiger partial charge in [0.25, 0.3) is 0 Å². The van der Waals surface area contributed by atoms with E-state index in [-0.39, 0.29) is 6.04 Å². The number of benzene rings is 11. The maximum Gasteiger partial charge on any atom is 0.159 e. The van der Waals surface area contributed by atoms with Crippen molar-refractivity contribution in [1.29, 1.82) is 0 Å². The molecule has 14 aromatic rings. The fourth-order valence-corrected chi connectivity index (χ4v) is 11.7. The van der Waals surface area contributed by atoms with E-state index < -0.39 is 0 Å². The van der Waals surface area contributed by atoms with Crippen molar-refractivity contribution in [2.75, 3.05) is 9.80 Å². The van der Waals surface area contributed by atoms with Gasteiger partial charge in [0.2, 0.25) is 0 Å². The van der Waals surface area contributed by atoms with Crippen LogP contribution in [-0.2, 0) is 6.42 Å². The molecule has 0 spiro atoms. The van der Waals surface area contributed by atoms with Gasteiger partial charge in [0.05, 0.1) is 23.1 Å². The average molecular weight is 937 g/mol. The third-order valence-electron chi connectivity index (χ3n) is 15.0. The zero-order valence-corrected chi connectivity index (χ0v) is 39.6. The fourth-order valence-electron chi connectivity index (χ4n) is 11.7. The summed E-state index contributed by atoms with van der Waals surface area (Å²) >= 11 is 0. The molecule has 3 aromatic heterocycles. The molecule has 1 atom stereocenters. The highest BCUT2D eigenvalue weighted by molar-refractivity contribution is 6.17. The Kier molecular flexibility index (Phi) is 9.32. The Morgan fingerprint density at radius 3 is 1.45 bits per heavy atom. The SMILES string of the molecule is c1ccc(-c2ccc(N(c3cc4c5c(oc4c4ccccc34)-c3ccccc3C(N(c3ccc(-c4ccccc4)cc3)c3cccc4c3oc3ccccc34)C5)c3cccc4c3oc3ccccc34)cc2)cc1. The molecule has 5 nitrogen and oxygen atoms in total. The summed E-state index contributed by atoms with van der Waals surface area (Å²) in [6.07, 6.45) is 0.666. The first kappa shape index (κ1) is 41.2. The lowest BCUT2D eigenvalue weighted by atomic mass is 9.84. The molecule has 344 valence electrons. The number of para-hydroxylation sites is 4. The normalized spacial score (nSPS) is 13.3. The van der Waals surface area contributed by atoms with Crippen LogP contribution in [0, 0.1) is 0 Å². The van der Waals surface area contributed by atoms with Crippen LogP contribution >= 0.6 is 0 Å². The number of fused-ring (bicyclic) bond motifs is 13. The lowest BCUT2D eigenvalue weighted by molar-refractivity contribution is 0.603. The Morgan fingerprint density at radius 2 is 0.808 bits per heavy atom. The standard InChI is InChI=1S/C68H44N2O3/c1-3-17-43(18-4-1)45-33-37-47(38-34-45)69(59-29-15-27-55-51-23-11-13-31-63(51)71-67(55)59)61-41-57-58-42-62(50-22-8-10-26-54(50)66(58)73-65(57)53-25-9-7-21-49(53)61)70(48-39-35-46(36-40-48)44-19-5-2-6-20-44)60-30-16-28-56-52-24-12-14-32-64(52)72-68(56)60/h1-41,62H,42H2. The van der Waals surface area contributed by atoms with Gasteiger partial charge in [-0.25, -0.2) is 0 Å². The van der Waals surface area contributed by atoms with Gasteiger partial charge in [-0.3, -0.25) is 0 Å². The molecule has 73 heavy (non-hydrogen) atoms. The summed E-state index contributed by atoms with van der Waals surface area (Å²) in [5.41, 5.74) is 17.5. The minimum atomic E-state index is -0.147. The number of anilines is 5. The van der Waals surface area contributed by atoms with E-state index in [1.165, 1.54) is 16.7 Å². The zero-order chi connectivity index (χ0) is 48.0. The molecule has 0 fully saturated rings. The van der Waals surface area contributed by atoms with Crippen LogP contribution in [0.2, 0.25) is 0 Å². The largest absolute Gasteiger partial charge is 0.455 e. The minimum absolute atomic E-state index is 0.147. The molecule has 0 saturated heterocycles. The summed E-state index contributed by atoms with van der Waals surface area (Å²) in [6.45, 7) is 0. The molecule has 11 aromatic carbocycles. The predicted molar refractivity (Wildman–Crippen MR) is 301 cm³/mol. The smallest absolute Gasteiger partial charge is 0.159 e. The molecule has 0 saturated carbocycles. The van der Waals surface area contributed by atoms with Crippen molar-refractivity contribution in [3.8, 4) is 33.6 Å². The highest BCUT2D eigenvalue weighted by Crippen LogP contribution is 2.53. The maximum atomic E-state index is 7.29. The van der Waals surface area contributed by atoms with Crippen molar-refractivity contribution < 1.29 is 13.3 Å². The lowest BCUT2D eigenvalue weighted by Crippen LogP contribution is -2.28. The van der Waals surface area contributed by atoms with Gasteiger partial charge in [0.15, 0.2) is 11.2 Å². The average Bonchev–Trinajstić information content (AvgIpc) is 4.19. The van der Waals surface area contributed by atoms with Gasteiger partial charge in [-0.2, -0.15) is 0 Å². The van der Waals surface area contributed by atoms with Gasteiger partial charge in [0, 0.05) is 66.6 Å². The van der Waals surface area contributed by atoms with Gasteiger partial charge < -0.3 is 23.1 Å². The molecular weight excluding hydrogens is 893 g/mol. The van der Waals surface area contributed by atoms with Crippen LogP contribution in [0.15, 0.2) is 262 Å². The topological polar surface area (TPSA) is 45.9 Å². The molecule has 0 N–H and O–H groups in total. The van der Waals surface area contributed by atoms with Crippen molar-refractivity contribution >= 4 is 94.1 Å². The maximum absolute atomic E-state index is 7.29. The summed E-state index contributed by atoms with van der Waals surface area (Å²) < 4.78 is 21.0. The third kappa shape index (κ3) is 6.56. The van der Waals surface area contributed by atoms with Crippen LogP contribution in [0.3, 0.4) is 0 Å². The predicted octanol–water partition coefficient (Wildman–Crippen LogP) is 19.3. The summed E-state index contributed by atoms with van der Waals surface area (Å²) in [7, 11) is 0. The molecule has 15 rings (SSSR count). The Labute approximate surface area is 421 Å². The first-order valence-electron chi connectivity index (χ1n) is 25.0. The molecular formula is C68H44N2O3. The van der Waals surface area contributed by atoms with E-state index in [4.69, 9.17) is 13.3 Å². The number of hydrogen-bond acceptors (Lipinski definition) is 5. The van der Waals surface area contributed by atoms with Gasteiger partial charge in [-0.1, -0.05) is 194 Å². The molecule has 5 heteroatoms. The highest BCUT2D eigenvalue weighted by Gasteiger charge is 2.36. The van der Waals surface area contributed by atoms with Crippen molar-refractivity contribution in [2.24, 2.45) is 0 Å². The van der Waals surface area contributed by atoms with Crippen LogP contribution in [0.25, 0.3) is 99.2 Å². The molecule has 3 heterocycles. The van der Waals surface area contributed by atoms with Crippen LogP contribution in [-0.4, -0.2) is 0 Å².